The smallest absolute Gasteiger partial charge is 0.218 e. The minimum atomic E-state index is 0. The SMILES string of the molecule is CC(=O)N(C)C.[N]. The fourth-order valence-electron chi connectivity index (χ4n) is 0. The van der Waals surface area contributed by atoms with Gasteiger partial charge in [0.1, 0.15) is 0 Å². The molecule has 0 aliphatic carbocycles. The third kappa shape index (κ3) is 5.43. The third-order valence-electron chi connectivity index (χ3n) is 0.630. The Hall–Kier alpha value is -0.570. The fourth-order valence-corrected chi connectivity index (χ4v) is 0. The van der Waals surface area contributed by atoms with Crippen molar-refractivity contribution < 1.29 is 4.79 Å². The number of carbonyl (C=O) groups excluding carboxylic acids is 1. The first-order valence-corrected chi connectivity index (χ1v) is 1.82. The summed E-state index contributed by atoms with van der Waals surface area (Å²) in [6, 6.07) is 0. The number of hydrogen-bond acceptors (Lipinski definition) is 1. The molecular formula is C4H9N2O. The molecule has 0 heterocycles. The monoisotopic (exact) mass is 101 g/mol. The summed E-state index contributed by atoms with van der Waals surface area (Å²) in [7, 11) is 3.45. The van der Waals surface area contributed by atoms with Crippen molar-refractivity contribution in [1.82, 2.24) is 11.1 Å². The predicted octanol–water partition coefficient (Wildman–Crippen LogP) is -0.386. The Morgan fingerprint density at radius 2 is 1.57 bits per heavy atom. The van der Waals surface area contributed by atoms with Gasteiger partial charge in [0.2, 0.25) is 5.91 Å². The van der Waals surface area contributed by atoms with Gasteiger partial charge >= 0.3 is 0 Å². The highest BCUT2D eigenvalue weighted by molar-refractivity contribution is 5.72. The molecule has 0 saturated carbocycles. The van der Waals surface area contributed by atoms with E-state index >= 15 is 0 Å². The molecule has 0 rings (SSSR count). The first-order chi connectivity index (χ1) is 2.64. The van der Waals surface area contributed by atoms with Crippen LogP contribution in [0.4, 0.5) is 0 Å². The second-order valence-electron chi connectivity index (χ2n) is 1.41. The number of carbonyl (C=O) groups is 1. The second-order valence-corrected chi connectivity index (χ2v) is 1.41. The molecule has 3 heteroatoms. The molecule has 0 unspecified atom stereocenters. The molecule has 0 spiro atoms. The van der Waals surface area contributed by atoms with Crippen molar-refractivity contribution in [3.8, 4) is 0 Å². The summed E-state index contributed by atoms with van der Waals surface area (Å²) in [6.07, 6.45) is 0. The topological polar surface area (TPSA) is 50.8 Å². The van der Waals surface area contributed by atoms with Crippen LogP contribution in [0.25, 0.3) is 0 Å². The lowest BCUT2D eigenvalue weighted by Crippen LogP contribution is -2.17. The third-order valence-corrected chi connectivity index (χ3v) is 0.630. The van der Waals surface area contributed by atoms with E-state index in [2.05, 4.69) is 0 Å². The summed E-state index contributed by atoms with van der Waals surface area (Å²) in [5, 5.41) is 0. The van der Waals surface area contributed by atoms with Gasteiger partial charge < -0.3 is 4.90 Å². The van der Waals surface area contributed by atoms with Crippen LogP contribution in [-0.4, -0.2) is 24.9 Å². The highest BCUT2D eigenvalue weighted by Gasteiger charge is 1.87. The van der Waals surface area contributed by atoms with Gasteiger partial charge in [0, 0.05) is 27.2 Å². The molecule has 0 atom stereocenters. The highest BCUT2D eigenvalue weighted by atomic mass is 16.2. The van der Waals surface area contributed by atoms with Crippen LogP contribution in [0.15, 0.2) is 0 Å². The van der Waals surface area contributed by atoms with Crippen LogP contribution >= 0.6 is 0 Å². The van der Waals surface area contributed by atoms with E-state index in [-0.39, 0.29) is 12.1 Å². The highest BCUT2D eigenvalue weighted by Crippen LogP contribution is 1.69. The average Bonchev–Trinajstić information content (AvgIpc) is 1.36. The van der Waals surface area contributed by atoms with Crippen molar-refractivity contribution in [2.75, 3.05) is 14.1 Å². The van der Waals surface area contributed by atoms with E-state index in [0.29, 0.717) is 0 Å². The molecule has 0 aliphatic heterocycles. The maximum atomic E-state index is 10.1. The zero-order valence-corrected chi connectivity index (χ0v) is 4.80. The van der Waals surface area contributed by atoms with Gasteiger partial charge in [0.05, 0.1) is 0 Å². The van der Waals surface area contributed by atoms with E-state index in [1.807, 2.05) is 0 Å². The molecule has 3 nitrogen and oxygen atoms in total. The largest absolute Gasteiger partial charge is 0.349 e. The Morgan fingerprint density at radius 3 is 1.57 bits per heavy atom. The van der Waals surface area contributed by atoms with Crippen molar-refractivity contribution in [3.63, 3.8) is 0 Å². The molecule has 0 bridgehead atoms. The fraction of sp³-hybridized carbons (Fsp3) is 0.750. The normalized spacial score (nSPS) is 6.71. The van der Waals surface area contributed by atoms with Crippen molar-refractivity contribution in [3.05, 3.63) is 0 Å². The first-order valence-electron chi connectivity index (χ1n) is 1.82. The molecule has 3 radical (unpaired) electrons. The van der Waals surface area contributed by atoms with Gasteiger partial charge in [-0.3, -0.25) is 4.79 Å². The van der Waals surface area contributed by atoms with Crippen molar-refractivity contribution in [2.45, 2.75) is 6.92 Å². The van der Waals surface area contributed by atoms with Crippen molar-refractivity contribution in [2.24, 2.45) is 0 Å². The van der Waals surface area contributed by atoms with Crippen LogP contribution in [0.3, 0.4) is 0 Å². The molecule has 0 fully saturated rings. The van der Waals surface area contributed by atoms with Crippen LogP contribution < -0.4 is 6.15 Å². The van der Waals surface area contributed by atoms with E-state index in [1.54, 1.807) is 14.1 Å². The Morgan fingerprint density at radius 1 is 1.43 bits per heavy atom. The lowest BCUT2D eigenvalue weighted by atomic mass is 10.7. The maximum absolute atomic E-state index is 10.1. The molecule has 0 aromatic carbocycles. The number of nitrogens with zero attached hydrogens (tertiary/aromatic N) is 2. The van der Waals surface area contributed by atoms with Crippen LogP contribution in [0.1, 0.15) is 6.92 Å². The number of hydrogen-bond donors (Lipinski definition) is 0. The van der Waals surface area contributed by atoms with E-state index in [4.69, 9.17) is 0 Å². The van der Waals surface area contributed by atoms with Gasteiger partial charge in [-0.2, -0.15) is 0 Å². The molecule has 0 aromatic heterocycles. The Bertz CT molecular complexity index is 60.7. The van der Waals surface area contributed by atoms with E-state index in [0.717, 1.165) is 0 Å². The van der Waals surface area contributed by atoms with Gasteiger partial charge in [-0.1, -0.05) is 0 Å². The summed E-state index contributed by atoms with van der Waals surface area (Å²) in [5.41, 5.74) is 0. The molecule has 0 saturated heterocycles. The molecular weight excluding hydrogens is 92.1 g/mol. The van der Waals surface area contributed by atoms with Crippen LogP contribution in [0.2, 0.25) is 0 Å². The average molecular weight is 101 g/mol. The Kier molecular flexibility index (Phi) is 4.99. The lowest BCUT2D eigenvalue weighted by molar-refractivity contribution is -0.126. The quantitative estimate of drug-likeness (QED) is 0.410. The van der Waals surface area contributed by atoms with Gasteiger partial charge in [-0.25, -0.2) is 0 Å². The zero-order valence-electron chi connectivity index (χ0n) is 4.80. The van der Waals surface area contributed by atoms with E-state index < -0.39 is 0 Å². The van der Waals surface area contributed by atoms with Gasteiger partial charge in [0.25, 0.3) is 0 Å². The Labute approximate surface area is 43.9 Å². The van der Waals surface area contributed by atoms with Crippen LogP contribution in [0, 0.1) is 0 Å². The van der Waals surface area contributed by atoms with Crippen LogP contribution in [-0.2, 0) is 4.79 Å². The summed E-state index contributed by atoms with van der Waals surface area (Å²) in [6.45, 7) is 1.53. The molecule has 41 valence electrons. The summed E-state index contributed by atoms with van der Waals surface area (Å²) in [5.74, 6) is 0.0926. The second kappa shape index (κ2) is 3.61. The van der Waals surface area contributed by atoms with Gasteiger partial charge in [0.15, 0.2) is 0 Å². The molecule has 0 aromatic rings. The number of rotatable bonds is 0. The maximum Gasteiger partial charge on any atom is 0.218 e. The van der Waals surface area contributed by atoms with Gasteiger partial charge in [-0.05, 0) is 0 Å². The van der Waals surface area contributed by atoms with Gasteiger partial charge in [-0.15, -0.1) is 0 Å². The predicted molar refractivity (Wildman–Crippen MR) is 26.5 cm³/mol. The lowest BCUT2D eigenvalue weighted by Gasteiger charge is -2.02. The minimum absolute atomic E-state index is 0. The molecule has 0 aliphatic rings. The van der Waals surface area contributed by atoms with Crippen molar-refractivity contribution in [1.29, 1.82) is 0 Å². The standard InChI is InChI=1S/C4H9NO.N/c1-4(6)5(2)3;/h1-3H3;. The van der Waals surface area contributed by atoms with E-state index in [9.17, 15) is 4.79 Å². The molecule has 7 heavy (non-hydrogen) atoms. The van der Waals surface area contributed by atoms with E-state index in [1.165, 1.54) is 11.8 Å². The first kappa shape index (κ1) is 9.66. The summed E-state index contributed by atoms with van der Waals surface area (Å²) >= 11 is 0. The summed E-state index contributed by atoms with van der Waals surface area (Å²) in [4.78, 5) is 11.6. The summed E-state index contributed by atoms with van der Waals surface area (Å²) < 4.78 is 0. The van der Waals surface area contributed by atoms with Crippen molar-refractivity contribution >= 4 is 5.91 Å². The molecule has 1 amide bonds. The minimum Gasteiger partial charge on any atom is -0.349 e. The number of amides is 1. The Balaban J connectivity index is 0. The zero-order chi connectivity index (χ0) is 5.15. The molecule has 0 N–H and O–H groups in total. The van der Waals surface area contributed by atoms with Crippen LogP contribution in [0.5, 0.6) is 0 Å².